The van der Waals surface area contributed by atoms with E-state index < -0.39 is 27.9 Å². The molecule has 0 fully saturated rings. The largest absolute Gasteiger partial charge is 0.352 e. The molecule has 40 heavy (non-hydrogen) atoms. The molecular weight excluding hydrogens is 526 g/mol. The maximum absolute atomic E-state index is 13.9. The minimum absolute atomic E-state index is 0.0565. The van der Waals surface area contributed by atoms with Crippen molar-refractivity contribution in [2.75, 3.05) is 6.54 Å². The molecule has 4 rings (SSSR count). The third kappa shape index (κ3) is 6.42. The van der Waals surface area contributed by atoms with Gasteiger partial charge < -0.3 is 10.2 Å². The van der Waals surface area contributed by atoms with E-state index in [4.69, 9.17) is 0 Å². The van der Waals surface area contributed by atoms with Crippen molar-refractivity contribution in [3.05, 3.63) is 101 Å². The maximum atomic E-state index is 13.9. The third-order valence-corrected chi connectivity index (χ3v) is 8.99. The van der Waals surface area contributed by atoms with E-state index in [0.29, 0.717) is 0 Å². The molecule has 1 N–H and O–H groups in total. The van der Waals surface area contributed by atoms with Gasteiger partial charge in [0.25, 0.3) is 15.9 Å². The molecule has 0 radical (unpaired) electrons. The molecule has 0 aliphatic carbocycles. The fourth-order valence-electron chi connectivity index (χ4n) is 4.80. The second kappa shape index (κ2) is 12.5. The van der Waals surface area contributed by atoms with Crippen LogP contribution in [0.25, 0.3) is 0 Å². The van der Waals surface area contributed by atoms with Crippen molar-refractivity contribution in [3.63, 3.8) is 0 Å². The van der Waals surface area contributed by atoms with Crippen molar-refractivity contribution in [3.8, 4) is 0 Å². The van der Waals surface area contributed by atoms with Crippen LogP contribution in [0.1, 0.15) is 53.7 Å². The van der Waals surface area contributed by atoms with Gasteiger partial charge in [0, 0.05) is 32.0 Å². The van der Waals surface area contributed by atoms with Gasteiger partial charge in [-0.1, -0.05) is 79.2 Å². The van der Waals surface area contributed by atoms with Crippen LogP contribution in [-0.4, -0.2) is 54.0 Å². The Balaban J connectivity index is 1.64. The number of rotatable bonds is 11. The Kier molecular flexibility index (Phi) is 9.04. The highest BCUT2D eigenvalue weighted by Crippen LogP contribution is 2.30. The molecule has 0 aromatic heterocycles. The normalized spacial score (nSPS) is 15.3. The highest BCUT2D eigenvalue weighted by molar-refractivity contribution is 7.90. The second-order valence-corrected chi connectivity index (χ2v) is 12.0. The van der Waals surface area contributed by atoms with Gasteiger partial charge in [-0.2, -0.15) is 0 Å². The molecule has 1 aliphatic heterocycles. The number of hydrogen-bond donors (Lipinski definition) is 1. The fourth-order valence-corrected chi connectivity index (χ4v) is 6.36. The molecule has 210 valence electrons. The number of carbonyl (C=O) groups is 3. The predicted octanol–water partition coefficient (Wildman–Crippen LogP) is 4.08. The highest BCUT2D eigenvalue weighted by Gasteiger charge is 2.41. The van der Waals surface area contributed by atoms with Crippen LogP contribution in [0, 0.1) is 6.92 Å². The van der Waals surface area contributed by atoms with E-state index in [0.717, 1.165) is 27.4 Å². The van der Waals surface area contributed by atoms with E-state index in [-0.39, 0.29) is 48.3 Å². The number of hydrogen-bond acceptors (Lipinski definition) is 5. The molecule has 3 aromatic carbocycles. The van der Waals surface area contributed by atoms with E-state index >= 15 is 0 Å². The van der Waals surface area contributed by atoms with E-state index in [1.165, 1.54) is 17.0 Å². The number of amides is 3. The summed E-state index contributed by atoms with van der Waals surface area (Å²) in [5.41, 5.74) is 2.85. The number of nitrogens with zero attached hydrogens (tertiary/aromatic N) is 2. The molecule has 2 atom stereocenters. The standard InChI is InChI=1S/C31H35N3O5S/c1-4-23(3)32-30(36)27(20-24-12-6-5-7-13-24)33(21-25-14-10-11-22(2)19-25)29(35)17-18-34-31(37)26-15-8-9-16-28(26)40(34,38)39/h5-16,19,23,27H,4,17-18,20-21H2,1-3H3,(H,32,36)/t23-,27+/m0/s1. The molecule has 8 nitrogen and oxygen atoms in total. The summed E-state index contributed by atoms with van der Waals surface area (Å²) in [6.45, 7) is 5.68. The molecule has 0 saturated heterocycles. The Morgan fingerprint density at radius 3 is 2.30 bits per heavy atom. The first-order chi connectivity index (χ1) is 19.1. The van der Waals surface area contributed by atoms with E-state index in [9.17, 15) is 22.8 Å². The lowest BCUT2D eigenvalue weighted by molar-refractivity contribution is -0.141. The predicted molar refractivity (Wildman–Crippen MR) is 153 cm³/mol. The summed E-state index contributed by atoms with van der Waals surface area (Å²) in [6.07, 6.45) is 0.755. The van der Waals surface area contributed by atoms with Crippen LogP contribution in [0.2, 0.25) is 0 Å². The quantitative estimate of drug-likeness (QED) is 0.380. The van der Waals surface area contributed by atoms with Gasteiger partial charge in [-0.3, -0.25) is 14.4 Å². The summed E-state index contributed by atoms with van der Waals surface area (Å²) in [7, 11) is -4.05. The number of benzene rings is 3. The first-order valence-corrected chi connectivity index (χ1v) is 14.9. The number of nitrogens with one attached hydrogen (secondary N) is 1. The molecule has 0 bridgehead atoms. The van der Waals surface area contributed by atoms with E-state index in [2.05, 4.69) is 5.32 Å². The molecule has 0 saturated carbocycles. The van der Waals surface area contributed by atoms with Crippen molar-refractivity contribution < 1.29 is 22.8 Å². The summed E-state index contributed by atoms with van der Waals surface area (Å²) in [4.78, 5) is 41.9. The van der Waals surface area contributed by atoms with Gasteiger partial charge in [0.15, 0.2) is 0 Å². The number of sulfonamides is 1. The van der Waals surface area contributed by atoms with Crippen LogP contribution in [0.3, 0.4) is 0 Å². The number of fused-ring (bicyclic) bond motifs is 1. The van der Waals surface area contributed by atoms with Crippen LogP contribution in [-0.2, 0) is 32.6 Å². The van der Waals surface area contributed by atoms with Crippen LogP contribution in [0.4, 0.5) is 0 Å². The number of aryl methyl sites for hydroxylation is 1. The SMILES string of the molecule is CC[C@H](C)NC(=O)[C@@H](Cc1ccccc1)N(Cc1cccc(C)c1)C(=O)CCN1C(=O)c2ccccc2S1(=O)=O. The smallest absolute Gasteiger partial charge is 0.269 e. The Morgan fingerprint density at radius 1 is 0.950 bits per heavy atom. The van der Waals surface area contributed by atoms with Gasteiger partial charge >= 0.3 is 0 Å². The summed E-state index contributed by atoms with van der Waals surface area (Å²) in [5, 5.41) is 3.02. The lowest BCUT2D eigenvalue weighted by Crippen LogP contribution is -2.52. The molecule has 1 aliphatic rings. The van der Waals surface area contributed by atoms with Crippen molar-refractivity contribution in [2.24, 2.45) is 0 Å². The average molecular weight is 562 g/mol. The van der Waals surface area contributed by atoms with Gasteiger partial charge in [0.1, 0.15) is 10.9 Å². The van der Waals surface area contributed by atoms with Crippen molar-refractivity contribution in [1.82, 2.24) is 14.5 Å². The topological polar surface area (TPSA) is 104 Å². The van der Waals surface area contributed by atoms with Crippen LogP contribution < -0.4 is 5.32 Å². The summed E-state index contributed by atoms with van der Waals surface area (Å²) in [6, 6.07) is 22.3. The van der Waals surface area contributed by atoms with Gasteiger partial charge in [0.2, 0.25) is 11.8 Å². The zero-order valence-corrected chi connectivity index (χ0v) is 23.9. The zero-order chi connectivity index (χ0) is 28.9. The van der Waals surface area contributed by atoms with Gasteiger partial charge in [-0.25, -0.2) is 12.7 Å². The van der Waals surface area contributed by atoms with Gasteiger partial charge in [-0.15, -0.1) is 0 Å². The van der Waals surface area contributed by atoms with Crippen LogP contribution >= 0.6 is 0 Å². The summed E-state index contributed by atoms with van der Waals surface area (Å²) >= 11 is 0. The van der Waals surface area contributed by atoms with Crippen molar-refractivity contribution in [1.29, 1.82) is 0 Å². The molecule has 3 amide bonds. The zero-order valence-electron chi connectivity index (χ0n) is 23.0. The van der Waals surface area contributed by atoms with E-state index in [1.54, 1.807) is 12.1 Å². The Bertz CT molecular complexity index is 1490. The first-order valence-electron chi connectivity index (χ1n) is 13.5. The minimum Gasteiger partial charge on any atom is -0.352 e. The lowest BCUT2D eigenvalue weighted by atomic mass is 10.0. The first kappa shape index (κ1) is 29.0. The van der Waals surface area contributed by atoms with Gasteiger partial charge in [0.05, 0.1) is 5.56 Å². The molecule has 0 spiro atoms. The second-order valence-electron chi connectivity index (χ2n) is 10.2. The molecule has 0 unspecified atom stereocenters. The average Bonchev–Trinajstić information content (AvgIpc) is 3.14. The Morgan fingerprint density at radius 2 is 1.62 bits per heavy atom. The Hall–Kier alpha value is -3.98. The van der Waals surface area contributed by atoms with Crippen LogP contribution in [0.5, 0.6) is 0 Å². The summed E-state index contributed by atoms with van der Waals surface area (Å²) < 4.78 is 26.9. The van der Waals surface area contributed by atoms with Crippen molar-refractivity contribution in [2.45, 2.75) is 63.6 Å². The lowest BCUT2D eigenvalue weighted by Gasteiger charge is -2.33. The number of carbonyl (C=O) groups excluding carboxylic acids is 3. The molecule has 3 aromatic rings. The fraction of sp³-hybridized carbons (Fsp3) is 0.323. The van der Waals surface area contributed by atoms with Crippen molar-refractivity contribution >= 4 is 27.7 Å². The highest BCUT2D eigenvalue weighted by atomic mass is 32.2. The monoisotopic (exact) mass is 561 g/mol. The summed E-state index contributed by atoms with van der Waals surface area (Å²) in [5.74, 6) is -1.35. The third-order valence-electron chi connectivity index (χ3n) is 7.15. The molecule has 9 heteroatoms. The van der Waals surface area contributed by atoms with Crippen LogP contribution in [0.15, 0.2) is 83.8 Å². The minimum atomic E-state index is -4.05. The van der Waals surface area contributed by atoms with Gasteiger partial charge in [-0.05, 0) is 43.5 Å². The molecular formula is C31H35N3O5S. The van der Waals surface area contributed by atoms with E-state index in [1.807, 2.05) is 75.4 Å². The maximum Gasteiger partial charge on any atom is 0.269 e. The molecule has 1 heterocycles. The Labute approximate surface area is 236 Å².